The lowest BCUT2D eigenvalue weighted by atomic mass is 10.1. The molecule has 0 bridgehead atoms. The van der Waals surface area contributed by atoms with E-state index in [2.05, 4.69) is 26.1 Å². The molecule has 1 atom stereocenters. The van der Waals surface area contributed by atoms with Gasteiger partial charge in [-0.1, -0.05) is 23.9 Å². The Labute approximate surface area is 186 Å². The fourth-order valence-electron chi connectivity index (χ4n) is 3.08. The highest BCUT2D eigenvalue weighted by Crippen LogP contribution is 2.42. The predicted octanol–water partition coefficient (Wildman–Crippen LogP) is 4.77. The summed E-state index contributed by atoms with van der Waals surface area (Å²) in [6.45, 7) is 3.58. The smallest absolute Gasteiger partial charge is 0.220 e. The van der Waals surface area contributed by atoms with Crippen molar-refractivity contribution in [1.82, 2.24) is 14.8 Å². The SMILES string of the molecule is COc1cc([C@H](C[N+](=O)[O-])Sc2nnc(C)n2-c2cccc(C)c2)cc(Br)c1OC. The second-order valence-electron chi connectivity index (χ2n) is 6.56. The molecule has 10 heteroatoms. The lowest BCUT2D eigenvalue weighted by Gasteiger charge is -2.17. The number of halogens is 1. The Morgan fingerprint density at radius 2 is 1.97 bits per heavy atom. The molecule has 1 heterocycles. The molecule has 0 radical (unpaired) electrons. The lowest BCUT2D eigenvalue weighted by molar-refractivity contribution is -0.479. The molecule has 1 aromatic heterocycles. The van der Waals surface area contributed by atoms with Crippen LogP contribution in [-0.4, -0.2) is 40.5 Å². The van der Waals surface area contributed by atoms with E-state index in [0.717, 1.165) is 16.8 Å². The first-order valence-corrected chi connectivity index (χ1v) is 10.7. The molecule has 0 aliphatic rings. The van der Waals surface area contributed by atoms with Crippen LogP contribution in [0, 0.1) is 24.0 Å². The summed E-state index contributed by atoms with van der Waals surface area (Å²) in [6, 6.07) is 11.5. The molecule has 2 aromatic carbocycles. The van der Waals surface area contributed by atoms with Crippen molar-refractivity contribution in [1.29, 1.82) is 0 Å². The van der Waals surface area contributed by atoms with Gasteiger partial charge in [-0.15, -0.1) is 10.2 Å². The van der Waals surface area contributed by atoms with E-state index in [0.29, 0.717) is 27.0 Å². The maximum atomic E-state index is 11.4. The van der Waals surface area contributed by atoms with Crippen molar-refractivity contribution in [2.24, 2.45) is 0 Å². The van der Waals surface area contributed by atoms with Gasteiger partial charge in [-0.2, -0.15) is 0 Å². The number of thioether (sulfide) groups is 1. The number of aryl methyl sites for hydroxylation is 2. The van der Waals surface area contributed by atoms with Gasteiger partial charge >= 0.3 is 0 Å². The third-order valence-electron chi connectivity index (χ3n) is 4.45. The Balaban J connectivity index is 2.04. The largest absolute Gasteiger partial charge is 0.493 e. The van der Waals surface area contributed by atoms with E-state index in [1.807, 2.05) is 48.7 Å². The second-order valence-corrected chi connectivity index (χ2v) is 8.59. The third-order valence-corrected chi connectivity index (χ3v) is 6.22. The summed E-state index contributed by atoms with van der Waals surface area (Å²) >= 11 is 4.76. The minimum Gasteiger partial charge on any atom is -0.493 e. The van der Waals surface area contributed by atoms with Gasteiger partial charge in [-0.3, -0.25) is 14.7 Å². The van der Waals surface area contributed by atoms with Gasteiger partial charge in [0, 0.05) is 10.6 Å². The average Bonchev–Trinajstić information content (AvgIpc) is 3.06. The first-order chi connectivity index (χ1) is 14.3. The normalized spacial score (nSPS) is 11.9. The van der Waals surface area contributed by atoms with Crippen molar-refractivity contribution >= 4 is 27.7 Å². The minimum atomic E-state index is -0.511. The molecule has 0 fully saturated rings. The van der Waals surface area contributed by atoms with Crippen LogP contribution in [0.5, 0.6) is 11.5 Å². The zero-order valence-corrected chi connectivity index (χ0v) is 19.4. The number of hydrogen-bond donors (Lipinski definition) is 0. The summed E-state index contributed by atoms with van der Waals surface area (Å²) in [6.07, 6.45) is 0. The van der Waals surface area contributed by atoms with Gasteiger partial charge in [0.2, 0.25) is 6.54 Å². The van der Waals surface area contributed by atoms with Crippen molar-refractivity contribution in [3.8, 4) is 17.2 Å². The molecule has 0 amide bonds. The van der Waals surface area contributed by atoms with E-state index in [9.17, 15) is 10.1 Å². The molecule has 158 valence electrons. The van der Waals surface area contributed by atoms with E-state index in [1.165, 1.54) is 18.9 Å². The van der Waals surface area contributed by atoms with E-state index in [-0.39, 0.29) is 11.5 Å². The second kappa shape index (κ2) is 9.48. The quantitative estimate of drug-likeness (QED) is 0.254. The number of benzene rings is 2. The molecule has 0 spiro atoms. The van der Waals surface area contributed by atoms with Crippen LogP contribution in [0.2, 0.25) is 0 Å². The van der Waals surface area contributed by atoms with Crippen LogP contribution < -0.4 is 9.47 Å². The molecule has 8 nitrogen and oxygen atoms in total. The first kappa shape index (κ1) is 22.1. The lowest BCUT2D eigenvalue weighted by Crippen LogP contribution is -2.11. The Hall–Kier alpha value is -2.59. The topological polar surface area (TPSA) is 92.3 Å². The molecule has 30 heavy (non-hydrogen) atoms. The number of ether oxygens (including phenoxy) is 2. The molecular formula is C20H21BrN4O4S. The fourth-order valence-corrected chi connectivity index (χ4v) is 4.86. The number of nitro groups is 1. The van der Waals surface area contributed by atoms with Crippen molar-refractivity contribution < 1.29 is 14.4 Å². The third kappa shape index (κ3) is 4.76. The summed E-state index contributed by atoms with van der Waals surface area (Å²) in [5, 5.41) is 20.0. The molecule has 0 saturated heterocycles. The molecular weight excluding hydrogens is 472 g/mol. The van der Waals surface area contributed by atoms with Crippen molar-refractivity contribution in [2.75, 3.05) is 20.8 Å². The van der Waals surface area contributed by atoms with Gasteiger partial charge in [0.25, 0.3) is 0 Å². The van der Waals surface area contributed by atoms with Crippen LogP contribution in [0.3, 0.4) is 0 Å². The zero-order chi connectivity index (χ0) is 21.8. The van der Waals surface area contributed by atoms with Gasteiger partial charge in [-0.25, -0.2) is 0 Å². The van der Waals surface area contributed by atoms with E-state index >= 15 is 0 Å². The van der Waals surface area contributed by atoms with E-state index in [1.54, 1.807) is 13.2 Å². The van der Waals surface area contributed by atoms with Crippen molar-refractivity contribution in [3.05, 3.63) is 67.9 Å². The zero-order valence-electron chi connectivity index (χ0n) is 17.0. The highest BCUT2D eigenvalue weighted by molar-refractivity contribution is 9.10. The van der Waals surface area contributed by atoms with Crippen molar-refractivity contribution in [2.45, 2.75) is 24.3 Å². The average molecular weight is 493 g/mol. The van der Waals surface area contributed by atoms with Crippen LogP contribution in [-0.2, 0) is 0 Å². The number of nitrogens with zero attached hydrogens (tertiary/aromatic N) is 4. The minimum absolute atomic E-state index is 0.285. The van der Waals surface area contributed by atoms with Gasteiger partial charge < -0.3 is 9.47 Å². The maximum absolute atomic E-state index is 11.4. The molecule has 0 aliphatic carbocycles. The Morgan fingerprint density at radius 3 is 2.60 bits per heavy atom. The highest BCUT2D eigenvalue weighted by atomic mass is 79.9. The summed E-state index contributed by atoms with van der Waals surface area (Å²) in [5.74, 6) is 1.73. The number of methoxy groups -OCH3 is 2. The van der Waals surface area contributed by atoms with Crippen LogP contribution in [0.15, 0.2) is 46.0 Å². The highest BCUT2D eigenvalue weighted by Gasteiger charge is 2.26. The molecule has 3 rings (SSSR count). The summed E-state index contributed by atoms with van der Waals surface area (Å²) < 4.78 is 13.3. The molecule has 0 N–H and O–H groups in total. The number of rotatable bonds is 8. The van der Waals surface area contributed by atoms with Gasteiger partial charge in [0.15, 0.2) is 16.7 Å². The van der Waals surface area contributed by atoms with Crippen LogP contribution >= 0.6 is 27.7 Å². The van der Waals surface area contributed by atoms with Crippen molar-refractivity contribution in [3.63, 3.8) is 0 Å². The van der Waals surface area contributed by atoms with Gasteiger partial charge in [0.1, 0.15) is 11.1 Å². The molecule has 0 unspecified atom stereocenters. The van der Waals surface area contributed by atoms with E-state index < -0.39 is 5.25 Å². The Kier molecular flexibility index (Phi) is 6.99. The van der Waals surface area contributed by atoms with Crippen LogP contribution in [0.4, 0.5) is 0 Å². The summed E-state index contributed by atoms with van der Waals surface area (Å²) in [7, 11) is 3.07. The van der Waals surface area contributed by atoms with Crippen LogP contribution in [0.25, 0.3) is 5.69 Å². The summed E-state index contributed by atoms with van der Waals surface area (Å²) in [5.41, 5.74) is 2.73. The maximum Gasteiger partial charge on any atom is 0.220 e. The van der Waals surface area contributed by atoms with Crippen LogP contribution in [0.1, 0.15) is 22.2 Å². The summed E-state index contributed by atoms with van der Waals surface area (Å²) in [4.78, 5) is 11.1. The van der Waals surface area contributed by atoms with Gasteiger partial charge in [-0.05, 0) is 65.2 Å². The molecule has 3 aromatic rings. The molecule has 0 aliphatic heterocycles. The Bertz CT molecular complexity index is 1070. The monoisotopic (exact) mass is 492 g/mol. The van der Waals surface area contributed by atoms with E-state index in [4.69, 9.17) is 9.47 Å². The number of aromatic nitrogens is 3. The number of hydrogen-bond acceptors (Lipinski definition) is 7. The first-order valence-electron chi connectivity index (χ1n) is 9.03. The molecule has 0 saturated carbocycles. The predicted molar refractivity (Wildman–Crippen MR) is 119 cm³/mol. The Morgan fingerprint density at radius 1 is 1.20 bits per heavy atom. The standard InChI is InChI=1S/C20H21BrN4O4S/c1-12-6-5-7-15(8-12)25-13(2)22-23-20(25)30-18(11-24(26)27)14-9-16(21)19(29-4)17(10-14)28-3/h5-10,18H,11H2,1-4H3/t18-/m0/s1. The fraction of sp³-hybridized carbons (Fsp3) is 0.300. The van der Waals surface area contributed by atoms with Gasteiger partial charge in [0.05, 0.1) is 18.7 Å².